The quantitative estimate of drug-likeness (QED) is 0.785. The van der Waals surface area contributed by atoms with Crippen LogP contribution in [0.4, 0.5) is 5.13 Å². The number of aromatic nitrogens is 4. The van der Waals surface area contributed by atoms with Crippen molar-refractivity contribution in [3.63, 3.8) is 0 Å². The van der Waals surface area contributed by atoms with Gasteiger partial charge in [-0.2, -0.15) is 4.52 Å². The Balaban J connectivity index is 1.79. The van der Waals surface area contributed by atoms with Gasteiger partial charge in [0.05, 0.1) is 0 Å². The Kier molecular flexibility index (Phi) is 4.15. The average Bonchev–Trinajstić information content (AvgIpc) is 3.05. The van der Waals surface area contributed by atoms with Gasteiger partial charge in [-0.25, -0.2) is 0 Å². The first kappa shape index (κ1) is 14.6. The molecule has 1 N–H and O–H groups in total. The molecule has 0 spiro atoms. The zero-order chi connectivity index (χ0) is 15.5. The second-order valence-electron chi connectivity index (χ2n) is 5.14. The lowest BCUT2D eigenvalue weighted by atomic mass is 10.1. The zero-order valence-corrected chi connectivity index (χ0v) is 13.4. The average molecular weight is 315 g/mol. The first-order valence-corrected chi connectivity index (χ1v) is 8.08. The predicted octanol–water partition coefficient (Wildman–Crippen LogP) is 3.09. The molecule has 22 heavy (non-hydrogen) atoms. The van der Waals surface area contributed by atoms with Crippen LogP contribution in [-0.4, -0.2) is 25.7 Å². The van der Waals surface area contributed by atoms with Gasteiger partial charge in [0.25, 0.3) is 5.91 Å². The second kappa shape index (κ2) is 6.23. The summed E-state index contributed by atoms with van der Waals surface area (Å²) in [5.74, 6) is 0.674. The molecule has 0 aliphatic rings. The molecule has 3 rings (SSSR count). The maximum Gasteiger partial charge on any atom is 0.257 e. The Bertz CT molecular complexity index is 807. The minimum absolute atomic E-state index is 0.163. The molecule has 1 aromatic carbocycles. The van der Waals surface area contributed by atoms with Gasteiger partial charge in [0.1, 0.15) is 0 Å². The summed E-state index contributed by atoms with van der Waals surface area (Å²) in [7, 11) is 0. The van der Waals surface area contributed by atoms with E-state index in [9.17, 15) is 4.79 Å². The van der Waals surface area contributed by atoms with Crippen LogP contribution in [0.25, 0.3) is 4.96 Å². The maximum absolute atomic E-state index is 12.2. The molecule has 0 unspecified atom stereocenters. The Morgan fingerprint density at radius 1 is 1.36 bits per heavy atom. The molecule has 3 aromatic rings. The summed E-state index contributed by atoms with van der Waals surface area (Å²) in [5.41, 5.74) is 1.67. The van der Waals surface area contributed by atoms with Crippen molar-refractivity contribution in [2.45, 2.75) is 33.1 Å². The van der Waals surface area contributed by atoms with Gasteiger partial charge < -0.3 is 0 Å². The number of rotatable bonds is 5. The number of hydrogen-bond acceptors (Lipinski definition) is 5. The largest absolute Gasteiger partial charge is 0.296 e. The van der Waals surface area contributed by atoms with Crippen LogP contribution in [0.3, 0.4) is 0 Å². The summed E-state index contributed by atoms with van der Waals surface area (Å²) in [4.78, 5) is 12.9. The molecule has 0 radical (unpaired) electrons. The highest BCUT2D eigenvalue weighted by Crippen LogP contribution is 2.20. The standard InChI is InChI=1S/C15H17N5OS/c1-3-4-8-12-17-18-15-20(12)19-14(22-15)16-13(21)11-7-5-6-10(2)9-11/h5-7,9H,3-4,8H2,1-2H3,(H,16,19,21). The third-order valence-corrected chi connectivity index (χ3v) is 4.12. The van der Waals surface area contributed by atoms with Crippen LogP contribution in [0.15, 0.2) is 24.3 Å². The summed E-state index contributed by atoms with van der Waals surface area (Å²) >= 11 is 1.33. The number of hydrogen-bond donors (Lipinski definition) is 1. The van der Waals surface area contributed by atoms with Crippen LogP contribution in [0, 0.1) is 6.92 Å². The Hall–Kier alpha value is -2.28. The van der Waals surface area contributed by atoms with Gasteiger partial charge in [0.2, 0.25) is 10.1 Å². The van der Waals surface area contributed by atoms with Crippen molar-refractivity contribution in [1.82, 2.24) is 19.8 Å². The van der Waals surface area contributed by atoms with Gasteiger partial charge in [0, 0.05) is 12.0 Å². The van der Waals surface area contributed by atoms with E-state index in [1.165, 1.54) is 11.3 Å². The van der Waals surface area contributed by atoms with Crippen molar-refractivity contribution in [2.75, 3.05) is 5.32 Å². The van der Waals surface area contributed by atoms with Crippen molar-refractivity contribution in [2.24, 2.45) is 0 Å². The van der Waals surface area contributed by atoms with Crippen molar-refractivity contribution in [3.8, 4) is 0 Å². The number of nitrogens with one attached hydrogen (secondary N) is 1. The molecule has 2 aromatic heterocycles. The summed E-state index contributed by atoms with van der Waals surface area (Å²) in [6, 6.07) is 7.46. The summed E-state index contributed by atoms with van der Waals surface area (Å²) in [6.07, 6.45) is 2.98. The Labute approximate surface area is 132 Å². The molecule has 0 aliphatic carbocycles. The van der Waals surface area contributed by atoms with E-state index in [0.29, 0.717) is 15.7 Å². The molecule has 7 heteroatoms. The van der Waals surface area contributed by atoms with E-state index in [-0.39, 0.29) is 5.91 Å². The summed E-state index contributed by atoms with van der Waals surface area (Å²) < 4.78 is 1.71. The number of aryl methyl sites for hydroxylation is 2. The number of anilines is 1. The van der Waals surface area contributed by atoms with Crippen LogP contribution < -0.4 is 5.32 Å². The zero-order valence-electron chi connectivity index (χ0n) is 12.5. The van der Waals surface area contributed by atoms with E-state index in [2.05, 4.69) is 27.5 Å². The maximum atomic E-state index is 12.2. The molecule has 6 nitrogen and oxygen atoms in total. The van der Waals surface area contributed by atoms with Crippen molar-refractivity contribution in [1.29, 1.82) is 0 Å². The van der Waals surface area contributed by atoms with Gasteiger partial charge in [0.15, 0.2) is 5.82 Å². The number of carbonyl (C=O) groups excluding carboxylic acids is 1. The van der Waals surface area contributed by atoms with E-state index in [1.807, 2.05) is 25.1 Å². The predicted molar refractivity (Wildman–Crippen MR) is 86.4 cm³/mol. The molecule has 0 saturated heterocycles. The van der Waals surface area contributed by atoms with E-state index < -0.39 is 0 Å². The third-order valence-electron chi connectivity index (χ3n) is 3.31. The Morgan fingerprint density at radius 2 is 2.23 bits per heavy atom. The van der Waals surface area contributed by atoms with Crippen LogP contribution in [-0.2, 0) is 6.42 Å². The SMILES string of the molecule is CCCCc1nnc2sc(NC(=O)c3cccc(C)c3)nn12. The second-order valence-corrected chi connectivity index (χ2v) is 6.10. The normalized spacial score (nSPS) is 11.0. The van der Waals surface area contributed by atoms with Crippen molar-refractivity contribution < 1.29 is 4.79 Å². The molecular weight excluding hydrogens is 298 g/mol. The smallest absolute Gasteiger partial charge is 0.257 e. The number of unbranched alkanes of at least 4 members (excludes halogenated alkanes) is 1. The summed E-state index contributed by atoms with van der Waals surface area (Å²) in [6.45, 7) is 4.09. The number of carbonyl (C=O) groups is 1. The number of amides is 1. The van der Waals surface area contributed by atoms with E-state index >= 15 is 0 Å². The van der Waals surface area contributed by atoms with Gasteiger partial charge in [-0.15, -0.1) is 15.3 Å². The molecule has 1 amide bonds. The topological polar surface area (TPSA) is 72.2 Å². The lowest BCUT2D eigenvalue weighted by Crippen LogP contribution is -2.12. The molecule has 2 heterocycles. The van der Waals surface area contributed by atoms with Crippen molar-refractivity contribution in [3.05, 3.63) is 41.2 Å². The van der Waals surface area contributed by atoms with Gasteiger partial charge in [-0.3, -0.25) is 10.1 Å². The number of fused-ring (bicyclic) bond motifs is 1. The molecule has 0 saturated carbocycles. The molecule has 0 aliphatic heterocycles. The van der Waals surface area contributed by atoms with E-state index in [1.54, 1.807) is 10.6 Å². The fraction of sp³-hybridized carbons (Fsp3) is 0.333. The molecular formula is C15H17N5OS. The summed E-state index contributed by atoms with van der Waals surface area (Å²) in [5, 5.41) is 16.0. The molecule has 0 atom stereocenters. The Morgan fingerprint density at radius 3 is 3.00 bits per heavy atom. The first-order valence-electron chi connectivity index (χ1n) is 7.26. The highest BCUT2D eigenvalue weighted by atomic mass is 32.1. The van der Waals surface area contributed by atoms with Crippen LogP contribution in [0.2, 0.25) is 0 Å². The lowest BCUT2D eigenvalue weighted by Gasteiger charge is -2.02. The highest BCUT2D eigenvalue weighted by molar-refractivity contribution is 7.20. The fourth-order valence-corrected chi connectivity index (χ4v) is 2.91. The first-order chi connectivity index (χ1) is 10.7. The van der Waals surface area contributed by atoms with Gasteiger partial charge in [-0.05, 0) is 25.5 Å². The number of benzene rings is 1. The van der Waals surface area contributed by atoms with Crippen LogP contribution in [0.5, 0.6) is 0 Å². The van der Waals surface area contributed by atoms with Gasteiger partial charge in [-0.1, -0.05) is 42.4 Å². The van der Waals surface area contributed by atoms with Gasteiger partial charge >= 0.3 is 0 Å². The lowest BCUT2D eigenvalue weighted by molar-refractivity contribution is 0.102. The minimum atomic E-state index is -0.163. The minimum Gasteiger partial charge on any atom is -0.296 e. The molecule has 0 fully saturated rings. The van der Waals surface area contributed by atoms with E-state index in [4.69, 9.17) is 0 Å². The fourth-order valence-electron chi connectivity index (χ4n) is 2.15. The monoisotopic (exact) mass is 315 g/mol. The van der Waals surface area contributed by atoms with Crippen LogP contribution in [0.1, 0.15) is 41.5 Å². The molecule has 114 valence electrons. The third kappa shape index (κ3) is 2.99. The van der Waals surface area contributed by atoms with E-state index in [0.717, 1.165) is 30.7 Å². The van der Waals surface area contributed by atoms with Crippen LogP contribution >= 0.6 is 11.3 Å². The highest BCUT2D eigenvalue weighted by Gasteiger charge is 2.14. The van der Waals surface area contributed by atoms with Crippen molar-refractivity contribution >= 4 is 27.3 Å². The number of nitrogens with zero attached hydrogens (tertiary/aromatic N) is 4. The molecule has 0 bridgehead atoms.